The molecule has 1 aliphatic rings. The van der Waals surface area contributed by atoms with Crippen molar-refractivity contribution in [3.8, 4) is 0 Å². The van der Waals surface area contributed by atoms with Crippen LogP contribution in [0, 0.1) is 0 Å². The van der Waals surface area contributed by atoms with Crippen LogP contribution >= 0.6 is 0 Å². The summed E-state index contributed by atoms with van der Waals surface area (Å²) in [6.45, 7) is 3.89. The van der Waals surface area contributed by atoms with E-state index in [-0.39, 0.29) is 0 Å². The topological polar surface area (TPSA) is 56.7 Å². The lowest BCUT2D eigenvalue weighted by atomic mass is 10.2. The van der Waals surface area contributed by atoms with Crippen molar-refractivity contribution in [1.29, 1.82) is 0 Å². The molecule has 0 amide bonds. The minimum Gasteiger partial charge on any atom is -0.478 e. The van der Waals surface area contributed by atoms with Crippen LogP contribution in [0.2, 0.25) is 0 Å². The standard InChI is InChI=1S/C12H17N3O2/c1-14-5-2-6-15(8-7-14)11-9-10(12(16)17)3-4-13-11/h3-4,9H,2,5-8H2,1H3,(H,16,17). The smallest absolute Gasteiger partial charge is 0.335 e. The molecule has 1 fully saturated rings. The molecule has 5 heteroatoms. The van der Waals surface area contributed by atoms with Crippen molar-refractivity contribution in [2.24, 2.45) is 0 Å². The Hall–Kier alpha value is -1.62. The molecule has 1 saturated heterocycles. The minimum absolute atomic E-state index is 0.299. The van der Waals surface area contributed by atoms with E-state index in [1.54, 1.807) is 12.3 Å². The molecule has 0 saturated carbocycles. The molecule has 0 aromatic carbocycles. The van der Waals surface area contributed by atoms with Crippen LogP contribution in [0.4, 0.5) is 5.82 Å². The number of nitrogens with zero attached hydrogens (tertiary/aromatic N) is 3. The van der Waals surface area contributed by atoms with Crippen LogP contribution in [-0.2, 0) is 0 Å². The predicted octanol–water partition coefficient (Wildman–Crippen LogP) is 0.922. The number of aromatic carboxylic acids is 1. The number of hydrogen-bond donors (Lipinski definition) is 1. The van der Waals surface area contributed by atoms with E-state index in [9.17, 15) is 4.79 Å². The van der Waals surface area contributed by atoms with Gasteiger partial charge in [-0.3, -0.25) is 0 Å². The zero-order chi connectivity index (χ0) is 12.3. The van der Waals surface area contributed by atoms with Gasteiger partial charge in [0.15, 0.2) is 0 Å². The molecule has 0 aliphatic carbocycles. The molecule has 0 atom stereocenters. The number of carboxylic acids is 1. The molecular weight excluding hydrogens is 218 g/mol. The van der Waals surface area contributed by atoms with E-state index in [0.29, 0.717) is 5.56 Å². The zero-order valence-corrected chi connectivity index (χ0v) is 9.96. The van der Waals surface area contributed by atoms with Gasteiger partial charge in [-0.2, -0.15) is 0 Å². The summed E-state index contributed by atoms with van der Waals surface area (Å²) in [5.41, 5.74) is 0.299. The molecule has 1 N–H and O–H groups in total. The molecule has 1 aromatic heterocycles. The van der Waals surface area contributed by atoms with Gasteiger partial charge >= 0.3 is 5.97 Å². The first-order valence-corrected chi connectivity index (χ1v) is 5.79. The van der Waals surface area contributed by atoms with Crippen molar-refractivity contribution >= 4 is 11.8 Å². The van der Waals surface area contributed by atoms with Crippen LogP contribution in [0.5, 0.6) is 0 Å². The Morgan fingerprint density at radius 3 is 2.94 bits per heavy atom. The third-order valence-corrected chi connectivity index (χ3v) is 3.04. The SMILES string of the molecule is CN1CCCN(c2cc(C(=O)O)ccn2)CC1. The van der Waals surface area contributed by atoms with Crippen LogP contribution in [0.3, 0.4) is 0 Å². The Morgan fingerprint density at radius 1 is 1.35 bits per heavy atom. The maximum Gasteiger partial charge on any atom is 0.335 e. The zero-order valence-electron chi connectivity index (χ0n) is 9.96. The van der Waals surface area contributed by atoms with Crippen molar-refractivity contribution in [1.82, 2.24) is 9.88 Å². The molecule has 5 nitrogen and oxygen atoms in total. The first kappa shape index (κ1) is 11.9. The van der Waals surface area contributed by atoms with E-state index in [2.05, 4.69) is 21.8 Å². The van der Waals surface area contributed by atoms with Crippen LogP contribution in [0.25, 0.3) is 0 Å². The molecule has 92 valence electrons. The van der Waals surface area contributed by atoms with Gasteiger partial charge < -0.3 is 14.9 Å². The van der Waals surface area contributed by atoms with Gasteiger partial charge in [-0.05, 0) is 32.1 Å². The van der Waals surface area contributed by atoms with E-state index in [1.165, 1.54) is 6.07 Å². The first-order valence-electron chi connectivity index (χ1n) is 5.79. The normalized spacial score (nSPS) is 17.8. The van der Waals surface area contributed by atoms with Crippen molar-refractivity contribution in [3.63, 3.8) is 0 Å². The summed E-state index contributed by atoms with van der Waals surface area (Å²) in [7, 11) is 2.10. The van der Waals surface area contributed by atoms with E-state index in [0.717, 1.165) is 38.4 Å². The molecule has 1 aromatic rings. The lowest BCUT2D eigenvalue weighted by molar-refractivity contribution is 0.0697. The summed E-state index contributed by atoms with van der Waals surface area (Å²) >= 11 is 0. The summed E-state index contributed by atoms with van der Waals surface area (Å²) in [5.74, 6) is -0.138. The lowest BCUT2D eigenvalue weighted by Crippen LogP contribution is -2.29. The highest BCUT2D eigenvalue weighted by Gasteiger charge is 2.14. The second-order valence-corrected chi connectivity index (χ2v) is 4.35. The molecule has 0 radical (unpaired) electrons. The molecule has 2 rings (SSSR count). The van der Waals surface area contributed by atoms with Gasteiger partial charge in [0, 0.05) is 25.8 Å². The summed E-state index contributed by atoms with van der Waals surface area (Å²) in [5, 5.41) is 8.95. The maximum atomic E-state index is 10.9. The van der Waals surface area contributed by atoms with Gasteiger partial charge in [-0.25, -0.2) is 9.78 Å². The Bertz CT molecular complexity index is 408. The number of hydrogen-bond acceptors (Lipinski definition) is 4. The van der Waals surface area contributed by atoms with Crippen LogP contribution in [0.1, 0.15) is 16.8 Å². The molecule has 0 unspecified atom stereocenters. The third-order valence-electron chi connectivity index (χ3n) is 3.04. The number of likely N-dealkylation sites (N-methyl/N-ethyl adjacent to an activating group) is 1. The van der Waals surface area contributed by atoms with E-state index in [1.807, 2.05) is 0 Å². The van der Waals surface area contributed by atoms with Crippen LogP contribution < -0.4 is 4.90 Å². The number of rotatable bonds is 2. The summed E-state index contributed by atoms with van der Waals surface area (Å²) in [6.07, 6.45) is 2.64. The second-order valence-electron chi connectivity index (χ2n) is 4.35. The number of aromatic nitrogens is 1. The molecule has 0 spiro atoms. The number of pyridine rings is 1. The highest BCUT2D eigenvalue weighted by molar-refractivity contribution is 5.88. The highest BCUT2D eigenvalue weighted by atomic mass is 16.4. The summed E-state index contributed by atoms with van der Waals surface area (Å²) in [4.78, 5) is 19.6. The Morgan fingerprint density at radius 2 is 2.18 bits per heavy atom. The Kier molecular flexibility index (Phi) is 3.58. The van der Waals surface area contributed by atoms with Crippen molar-refractivity contribution < 1.29 is 9.90 Å². The van der Waals surface area contributed by atoms with Gasteiger partial charge in [0.1, 0.15) is 5.82 Å². The molecular formula is C12H17N3O2. The highest BCUT2D eigenvalue weighted by Crippen LogP contribution is 2.14. The lowest BCUT2D eigenvalue weighted by Gasteiger charge is -2.21. The van der Waals surface area contributed by atoms with Gasteiger partial charge in [0.2, 0.25) is 0 Å². The Labute approximate surface area is 101 Å². The molecule has 0 bridgehead atoms. The fourth-order valence-electron chi connectivity index (χ4n) is 2.00. The summed E-state index contributed by atoms with van der Waals surface area (Å²) < 4.78 is 0. The third kappa shape index (κ3) is 2.94. The van der Waals surface area contributed by atoms with E-state index in [4.69, 9.17) is 5.11 Å². The van der Waals surface area contributed by atoms with Gasteiger partial charge in [0.05, 0.1) is 5.56 Å². The van der Waals surface area contributed by atoms with Crippen LogP contribution in [-0.4, -0.2) is 54.2 Å². The van der Waals surface area contributed by atoms with E-state index < -0.39 is 5.97 Å². The fourth-order valence-corrected chi connectivity index (χ4v) is 2.00. The molecule has 1 aliphatic heterocycles. The molecule has 2 heterocycles. The van der Waals surface area contributed by atoms with Crippen LogP contribution in [0.15, 0.2) is 18.3 Å². The summed E-state index contributed by atoms with van der Waals surface area (Å²) in [6, 6.07) is 3.17. The molecule has 17 heavy (non-hydrogen) atoms. The average Bonchev–Trinajstić information content (AvgIpc) is 2.54. The van der Waals surface area contributed by atoms with Gasteiger partial charge in [0.25, 0.3) is 0 Å². The monoisotopic (exact) mass is 235 g/mol. The fraction of sp³-hybridized carbons (Fsp3) is 0.500. The van der Waals surface area contributed by atoms with Gasteiger partial charge in [-0.1, -0.05) is 0 Å². The number of carbonyl (C=O) groups is 1. The van der Waals surface area contributed by atoms with Crippen molar-refractivity contribution in [2.75, 3.05) is 38.1 Å². The largest absolute Gasteiger partial charge is 0.478 e. The van der Waals surface area contributed by atoms with Gasteiger partial charge in [-0.15, -0.1) is 0 Å². The first-order chi connectivity index (χ1) is 8.16. The quantitative estimate of drug-likeness (QED) is 0.826. The number of anilines is 1. The van der Waals surface area contributed by atoms with Crippen molar-refractivity contribution in [2.45, 2.75) is 6.42 Å². The number of carboxylic acid groups (broad SMARTS) is 1. The average molecular weight is 235 g/mol. The predicted molar refractivity (Wildman–Crippen MR) is 65.5 cm³/mol. The Balaban J connectivity index is 2.15. The van der Waals surface area contributed by atoms with E-state index >= 15 is 0 Å². The van der Waals surface area contributed by atoms with Crippen molar-refractivity contribution in [3.05, 3.63) is 23.9 Å². The maximum absolute atomic E-state index is 10.9. The minimum atomic E-state index is -0.902. The second kappa shape index (κ2) is 5.14.